The summed E-state index contributed by atoms with van der Waals surface area (Å²) < 4.78 is 16.2. The molecule has 0 radical (unpaired) electrons. The molecule has 0 saturated carbocycles. The SMILES string of the molecule is COc1ccnc(C(=S)NCC(=O)OC(C)C(c2ccc(Cl)cc2)c2ccc(Cl)cc2)c1OC(C)=O. The van der Waals surface area contributed by atoms with E-state index in [0.717, 1.165) is 11.1 Å². The van der Waals surface area contributed by atoms with Crippen LogP contribution in [0.1, 0.15) is 36.6 Å². The lowest BCUT2D eigenvalue weighted by atomic mass is 9.87. The highest BCUT2D eigenvalue weighted by atomic mass is 35.5. The fourth-order valence-electron chi connectivity index (χ4n) is 3.62. The second-order valence-corrected chi connectivity index (χ2v) is 9.02. The molecule has 0 aliphatic rings. The van der Waals surface area contributed by atoms with Crippen LogP contribution in [-0.4, -0.2) is 41.7 Å². The van der Waals surface area contributed by atoms with Crippen molar-refractivity contribution in [2.75, 3.05) is 13.7 Å². The van der Waals surface area contributed by atoms with Gasteiger partial charge < -0.3 is 19.5 Å². The van der Waals surface area contributed by atoms with E-state index < -0.39 is 18.0 Å². The van der Waals surface area contributed by atoms with Crippen molar-refractivity contribution in [3.8, 4) is 11.5 Å². The van der Waals surface area contributed by atoms with E-state index in [2.05, 4.69) is 10.3 Å². The molecule has 0 aliphatic heterocycles. The number of pyridine rings is 1. The quantitative estimate of drug-likeness (QED) is 0.284. The van der Waals surface area contributed by atoms with Crippen LogP contribution in [0.15, 0.2) is 60.8 Å². The first-order valence-corrected chi connectivity index (χ1v) is 12.1. The maximum Gasteiger partial charge on any atom is 0.325 e. The van der Waals surface area contributed by atoms with E-state index in [4.69, 9.17) is 49.6 Å². The van der Waals surface area contributed by atoms with Crippen LogP contribution in [0.4, 0.5) is 0 Å². The van der Waals surface area contributed by atoms with Crippen molar-refractivity contribution in [1.29, 1.82) is 0 Å². The number of halogens is 2. The van der Waals surface area contributed by atoms with Crippen molar-refractivity contribution in [2.45, 2.75) is 25.9 Å². The number of thiocarbonyl (C=S) groups is 1. The standard InChI is InChI=1S/C26H24Cl2N2O5S/c1-15(23(17-4-8-19(27)9-5-17)18-6-10-20(28)11-7-18)34-22(32)14-30-26(36)24-25(35-16(2)31)21(33-3)12-13-29-24/h4-13,15,23H,14H2,1-3H3,(H,30,36). The van der Waals surface area contributed by atoms with Crippen LogP contribution in [0.3, 0.4) is 0 Å². The number of hydrogen-bond donors (Lipinski definition) is 1. The zero-order chi connectivity index (χ0) is 26.2. The molecule has 0 fully saturated rings. The number of nitrogens with one attached hydrogen (secondary N) is 1. The summed E-state index contributed by atoms with van der Waals surface area (Å²) in [6.45, 7) is 2.84. The van der Waals surface area contributed by atoms with Gasteiger partial charge in [-0.15, -0.1) is 0 Å². The first-order chi connectivity index (χ1) is 17.2. The molecule has 1 heterocycles. The average Bonchev–Trinajstić information content (AvgIpc) is 2.85. The Bertz CT molecular complexity index is 1190. The van der Waals surface area contributed by atoms with Crippen molar-refractivity contribution in [2.24, 2.45) is 0 Å². The van der Waals surface area contributed by atoms with E-state index in [0.29, 0.717) is 10.0 Å². The van der Waals surface area contributed by atoms with Crippen molar-refractivity contribution in [3.05, 3.63) is 87.7 Å². The molecule has 36 heavy (non-hydrogen) atoms. The van der Waals surface area contributed by atoms with Gasteiger partial charge in [0.05, 0.1) is 7.11 Å². The van der Waals surface area contributed by atoms with Gasteiger partial charge in [-0.2, -0.15) is 0 Å². The molecular weight excluding hydrogens is 523 g/mol. The molecule has 0 spiro atoms. The van der Waals surface area contributed by atoms with Crippen molar-refractivity contribution < 1.29 is 23.8 Å². The van der Waals surface area contributed by atoms with Gasteiger partial charge in [-0.1, -0.05) is 59.7 Å². The van der Waals surface area contributed by atoms with Crippen molar-refractivity contribution >= 4 is 52.3 Å². The van der Waals surface area contributed by atoms with E-state index >= 15 is 0 Å². The predicted octanol–water partition coefficient (Wildman–Crippen LogP) is 5.35. The maximum atomic E-state index is 12.7. The number of aromatic nitrogens is 1. The van der Waals surface area contributed by atoms with Gasteiger partial charge in [0.25, 0.3) is 0 Å². The lowest BCUT2D eigenvalue weighted by molar-refractivity contribution is -0.147. The first kappa shape index (κ1) is 27.4. The lowest BCUT2D eigenvalue weighted by Crippen LogP contribution is -2.34. The zero-order valence-electron chi connectivity index (χ0n) is 19.8. The highest BCUT2D eigenvalue weighted by Crippen LogP contribution is 2.32. The Balaban J connectivity index is 1.73. The number of rotatable bonds is 9. The molecule has 3 aromatic rings. The van der Waals surface area contributed by atoms with E-state index in [-0.39, 0.29) is 34.6 Å². The summed E-state index contributed by atoms with van der Waals surface area (Å²) in [5, 5.41) is 4.03. The Morgan fingerprint density at radius 3 is 2.06 bits per heavy atom. The molecular formula is C26H24Cl2N2O5S. The number of methoxy groups -OCH3 is 1. The van der Waals surface area contributed by atoms with Gasteiger partial charge in [0, 0.05) is 35.2 Å². The minimum Gasteiger partial charge on any atom is -0.493 e. The Labute approximate surface area is 224 Å². The van der Waals surface area contributed by atoms with Gasteiger partial charge >= 0.3 is 11.9 Å². The van der Waals surface area contributed by atoms with Gasteiger partial charge in [0.2, 0.25) is 5.75 Å². The number of ether oxygens (including phenoxy) is 3. The van der Waals surface area contributed by atoms with E-state index in [9.17, 15) is 9.59 Å². The van der Waals surface area contributed by atoms with E-state index in [1.165, 1.54) is 26.3 Å². The fourth-order valence-corrected chi connectivity index (χ4v) is 4.09. The topological polar surface area (TPSA) is 86.8 Å². The molecule has 3 rings (SSSR count). The van der Waals surface area contributed by atoms with E-state index in [1.54, 1.807) is 24.3 Å². The molecule has 1 aromatic heterocycles. The Hall–Kier alpha value is -3.20. The highest BCUT2D eigenvalue weighted by molar-refractivity contribution is 7.80. The third-order valence-electron chi connectivity index (χ3n) is 5.19. The summed E-state index contributed by atoms with van der Waals surface area (Å²) >= 11 is 17.5. The molecule has 1 N–H and O–H groups in total. The minimum absolute atomic E-state index is 0.0669. The Morgan fingerprint density at radius 1 is 1.00 bits per heavy atom. The highest BCUT2D eigenvalue weighted by Gasteiger charge is 2.25. The summed E-state index contributed by atoms with van der Waals surface area (Å²) in [4.78, 5) is 28.5. The number of carbonyl (C=O) groups excluding carboxylic acids is 2. The summed E-state index contributed by atoms with van der Waals surface area (Å²) in [6, 6.07) is 16.3. The maximum absolute atomic E-state index is 12.7. The number of carbonyl (C=O) groups is 2. The number of benzene rings is 2. The summed E-state index contributed by atoms with van der Waals surface area (Å²) in [5.74, 6) is -1.00. The van der Waals surface area contributed by atoms with Gasteiger partial charge in [-0.3, -0.25) is 9.59 Å². The van der Waals surface area contributed by atoms with Crippen LogP contribution in [0.5, 0.6) is 11.5 Å². The molecule has 0 amide bonds. The van der Waals surface area contributed by atoms with Gasteiger partial charge in [-0.25, -0.2) is 4.98 Å². The molecule has 7 nitrogen and oxygen atoms in total. The van der Waals surface area contributed by atoms with Crippen molar-refractivity contribution in [3.63, 3.8) is 0 Å². The van der Waals surface area contributed by atoms with Crippen LogP contribution in [0, 0.1) is 0 Å². The number of nitrogens with zero attached hydrogens (tertiary/aromatic N) is 1. The summed E-state index contributed by atoms with van der Waals surface area (Å²) in [5.41, 5.74) is 2.02. The molecule has 0 saturated heterocycles. The lowest BCUT2D eigenvalue weighted by Gasteiger charge is -2.25. The molecule has 10 heteroatoms. The Morgan fingerprint density at radius 2 is 1.56 bits per heavy atom. The minimum atomic E-state index is -0.561. The zero-order valence-corrected chi connectivity index (χ0v) is 22.1. The monoisotopic (exact) mass is 546 g/mol. The van der Waals surface area contributed by atoms with Gasteiger partial charge in [-0.05, 0) is 42.3 Å². The third-order valence-corrected chi connectivity index (χ3v) is 6.03. The summed E-state index contributed by atoms with van der Waals surface area (Å²) in [6.07, 6.45) is 0.931. The molecule has 1 atom stereocenters. The second kappa shape index (κ2) is 12.7. The Kier molecular flexibility index (Phi) is 9.64. The normalized spacial score (nSPS) is 11.5. The number of esters is 2. The van der Waals surface area contributed by atoms with Crippen LogP contribution >= 0.6 is 35.4 Å². The van der Waals surface area contributed by atoms with E-state index in [1.807, 2.05) is 31.2 Å². The van der Waals surface area contributed by atoms with Crippen LogP contribution in [0.2, 0.25) is 10.0 Å². The van der Waals surface area contributed by atoms with Crippen LogP contribution in [-0.2, 0) is 14.3 Å². The predicted molar refractivity (Wildman–Crippen MR) is 142 cm³/mol. The fraction of sp³-hybridized carbons (Fsp3) is 0.231. The average molecular weight is 547 g/mol. The third kappa shape index (κ3) is 7.16. The summed E-state index contributed by atoms with van der Waals surface area (Å²) in [7, 11) is 1.43. The van der Waals surface area contributed by atoms with Gasteiger partial charge in [0.15, 0.2) is 5.75 Å². The smallest absolute Gasteiger partial charge is 0.325 e. The molecule has 1 unspecified atom stereocenters. The second-order valence-electron chi connectivity index (χ2n) is 7.74. The van der Waals surface area contributed by atoms with Crippen molar-refractivity contribution in [1.82, 2.24) is 10.3 Å². The molecule has 2 aromatic carbocycles. The number of hydrogen-bond acceptors (Lipinski definition) is 7. The van der Waals surface area contributed by atoms with Gasteiger partial charge in [0.1, 0.15) is 23.3 Å². The first-order valence-electron chi connectivity index (χ1n) is 10.9. The molecule has 0 bridgehead atoms. The largest absolute Gasteiger partial charge is 0.493 e. The van der Waals surface area contributed by atoms with Crippen LogP contribution < -0.4 is 14.8 Å². The van der Waals surface area contributed by atoms with Crippen LogP contribution in [0.25, 0.3) is 0 Å². The molecule has 0 aliphatic carbocycles. The molecule has 188 valence electrons.